The van der Waals surface area contributed by atoms with Crippen LogP contribution in [0.5, 0.6) is 0 Å². The Hall–Kier alpha value is -2.54. The van der Waals surface area contributed by atoms with Gasteiger partial charge in [0, 0.05) is 22.9 Å². The molecule has 2 aromatic heterocycles. The highest BCUT2D eigenvalue weighted by Crippen LogP contribution is 2.30. The summed E-state index contributed by atoms with van der Waals surface area (Å²) in [5.41, 5.74) is 3.09. The molecular weight excluding hydrogens is 498 g/mol. The van der Waals surface area contributed by atoms with Crippen molar-refractivity contribution in [1.29, 1.82) is 0 Å². The minimum absolute atomic E-state index is 0.00592. The molecule has 38 heavy (non-hydrogen) atoms. The van der Waals surface area contributed by atoms with Crippen LogP contribution in [0, 0.1) is 25.7 Å². The number of aliphatic imine (C=N–C) groups is 1. The van der Waals surface area contributed by atoms with E-state index in [1.807, 2.05) is 26.8 Å². The summed E-state index contributed by atoms with van der Waals surface area (Å²) in [7, 11) is 1.29. The van der Waals surface area contributed by atoms with E-state index in [9.17, 15) is 14.4 Å². The lowest BCUT2D eigenvalue weighted by atomic mass is 9.84. The molecule has 3 atom stereocenters. The number of ether oxygens (including phenoxy) is 1. The molecule has 1 amide bonds. The number of unbranched alkanes of at least 4 members (excludes halogenated alkanes) is 4. The van der Waals surface area contributed by atoms with Gasteiger partial charge < -0.3 is 9.15 Å². The first-order valence-electron chi connectivity index (χ1n) is 14.0. The van der Waals surface area contributed by atoms with E-state index in [0.717, 1.165) is 25.7 Å². The first kappa shape index (κ1) is 31.7. The van der Waals surface area contributed by atoms with E-state index in [1.165, 1.54) is 55.0 Å². The summed E-state index contributed by atoms with van der Waals surface area (Å²) in [4.78, 5) is 42.4. The molecule has 0 fully saturated rings. The van der Waals surface area contributed by atoms with Crippen molar-refractivity contribution in [2.45, 2.75) is 105 Å². The van der Waals surface area contributed by atoms with E-state index in [0.29, 0.717) is 17.7 Å². The summed E-state index contributed by atoms with van der Waals surface area (Å²) < 4.78 is 10.1. The smallest absolute Gasteiger partial charge is 0.432 e. The van der Waals surface area contributed by atoms with Crippen LogP contribution in [0.3, 0.4) is 0 Å². The maximum atomic E-state index is 13.4. The fraction of sp³-hybridized carbons (Fsp3) is 0.613. The Balaban J connectivity index is 2.02. The second-order valence-corrected chi connectivity index (χ2v) is 11.5. The van der Waals surface area contributed by atoms with Gasteiger partial charge in [-0.05, 0) is 86.4 Å². The van der Waals surface area contributed by atoms with Crippen LogP contribution >= 0.6 is 11.3 Å². The summed E-state index contributed by atoms with van der Waals surface area (Å²) in [6.45, 7) is 12.3. The van der Waals surface area contributed by atoms with Gasteiger partial charge in [0.2, 0.25) is 0 Å². The van der Waals surface area contributed by atoms with Gasteiger partial charge in [0.1, 0.15) is 11.3 Å². The Morgan fingerprint density at radius 2 is 1.87 bits per heavy atom. The van der Waals surface area contributed by atoms with Crippen molar-refractivity contribution in [2.24, 2.45) is 16.8 Å². The number of aryl methyl sites for hydroxylation is 2. The predicted molar refractivity (Wildman–Crippen MR) is 156 cm³/mol. The van der Waals surface area contributed by atoms with Gasteiger partial charge in [-0.3, -0.25) is 4.79 Å². The number of carbonyl (C=O) groups excluding carboxylic acids is 2. The van der Waals surface area contributed by atoms with E-state index >= 15 is 0 Å². The van der Waals surface area contributed by atoms with Crippen LogP contribution in [-0.2, 0) is 17.6 Å². The molecule has 0 aliphatic heterocycles. The molecule has 6 nitrogen and oxygen atoms in total. The van der Waals surface area contributed by atoms with Gasteiger partial charge in [-0.25, -0.2) is 9.59 Å². The number of ketones is 1. The number of hydrogen-bond donors (Lipinski definition) is 0. The minimum Gasteiger partial charge on any atom is -0.451 e. The van der Waals surface area contributed by atoms with Crippen molar-refractivity contribution < 1.29 is 18.7 Å². The molecule has 0 aliphatic carbocycles. The highest BCUT2D eigenvalue weighted by atomic mass is 32.1. The van der Waals surface area contributed by atoms with Crippen LogP contribution in [0.15, 0.2) is 25.7 Å². The van der Waals surface area contributed by atoms with Crippen LogP contribution in [0.25, 0.3) is 0 Å². The molecule has 0 aromatic carbocycles. The first-order chi connectivity index (χ1) is 18.1. The lowest BCUT2D eigenvalue weighted by molar-refractivity contribution is 0.0887. The van der Waals surface area contributed by atoms with E-state index in [2.05, 4.69) is 35.9 Å². The van der Waals surface area contributed by atoms with Crippen LogP contribution in [0.4, 0.5) is 4.79 Å². The molecule has 2 heterocycles. The Kier molecular flexibility index (Phi) is 13.1. The highest BCUT2D eigenvalue weighted by molar-refractivity contribution is 7.10. The maximum Gasteiger partial charge on any atom is 0.432 e. The lowest BCUT2D eigenvalue weighted by Gasteiger charge is -2.20. The Bertz CT molecular complexity index is 1150. The summed E-state index contributed by atoms with van der Waals surface area (Å²) in [6, 6.07) is 1.83. The van der Waals surface area contributed by atoms with Crippen molar-refractivity contribution in [1.82, 2.24) is 0 Å². The number of amides is 1. The molecule has 0 N–H and O–H groups in total. The average molecular weight is 544 g/mol. The molecule has 7 heteroatoms. The summed E-state index contributed by atoms with van der Waals surface area (Å²) in [6.07, 6.45) is 10.1. The minimum atomic E-state index is -0.614. The van der Waals surface area contributed by atoms with Gasteiger partial charge >= 0.3 is 11.7 Å². The molecule has 0 bridgehead atoms. The largest absolute Gasteiger partial charge is 0.451 e. The number of hydrogen-bond acceptors (Lipinski definition) is 6. The van der Waals surface area contributed by atoms with E-state index in [4.69, 9.17) is 4.42 Å². The number of methoxy groups -OCH3 is 1. The molecule has 2 rings (SSSR count). The van der Waals surface area contributed by atoms with Gasteiger partial charge in [-0.1, -0.05) is 47.0 Å². The number of rotatable bonds is 15. The van der Waals surface area contributed by atoms with Crippen LogP contribution < -0.4 is 5.63 Å². The van der Waals surface area contributed by atoms with Gasteiger partial charge in [0.25, 0.3) is 0 Å². The third-order valence-electron chi connectivity index (χ3n) is 7.56. The van der Waals surface area contributed by atoms with Crippen molar-refractivity contribution in [2.75, 3.05) is 7.11 Å². The molecule has 0 saturated heterocycles. The zero-order valence-electron chi connectivity index (χ0n) is 24.2. The Morgan fingerprint density at radius 1 is 1.13 bits per heavy atom. The first-order valence-corrected chi connectivity index (χ1v) is 14.8. The number of carbonyl (C=O) groups is 2. The number of thiophene rings is 1. The van der Waals surface area contributed by atoms with Crippen molar-refractivity contribution in [3.8, 4) is 0 Å². The van der Waals surface area contributed by atoms with Crippen molar-refractivity contribution in [3.05, 3.63) is 54.8 Å². The third kappa shape index (κ3) is 9.04. The van der Waals surface area contributed by atoms with Crippen molar-refractivity contribution >= 4 is 29.4 Å². The lowest BCUT2D eigenvalue weighted by Crippen LogP contribution is -2.27. The molecule has 3 unspecified atom stereocenters. The van der Waals surface area contributed by atoms with Crippen LogP contribution in [0.1, 0.15) is 116 Å². The monoisotopic (exact) mass is 543 g/mol. The standard InChI is InChI=1S/C31H45NO5S/c1-8-9-10-11-15-25-19-38-27(24(25)6)18-21(3)23(5)29(33)28-22(4)17-26(37-30(28)34)20(2)14-12-13-16-32-31(35)36-7/h16-17,19-21,23H,8-15,18H2,1-7H3. The molecule has 2 aromatic rings. The van der Waals surface area contributed by atoms with Crippen LogP contribution in [0.2, 0.25) is 0 Å². The SMILES string of the molecule is CCCCCCc1csc(CC(C)C(C)C(=O)c2c(C)cc(C(C)CCCC=NC(=O)OC)oc2=O)c1C. The molecule has 0 saturated carbocycles. The maximum absolute atomic E-state index is 13.4. The topological polar surface area (TPSA) is 85.9 Å². The number of Topliss-reactive ketones (excluding diaryl/α,β-unsaturated/α-hetero) is 1. The molecular formula is C31H45NO5S. The zero-order valence-corrected chi connectivity index (χ0v) is 25.0. The van der Waals surface area contributed by atoms with Gasteiger partial charge in [0.15, 0.2) is 5.78 Å². The predicted octanol–water partition coefficient (Wildman–Crippen LogP) is 8.25. The fourth-order valence-corrected chi connectivity index (χ4v) is 5.91. The molecule has 210 valence electrons. The van der Waals surface area contributed by atoms with Gasteiger partial charge in [-0.15, -0.1) is 11.3 Å². The molecule has 0 radical (unpaired) electrons. The Labute approximate surface area is 231 Å². The quantitative estimate of drug-likeness (QED) is 0.128. The zero-order chi connectivity index (χ0) is 28.2. The van der Waals surface area contributed by atoms with Gasteiger partial charge in [-0.2, -0.15) is 4.99 Å². The molecule has 0 aliphatic rings. The third-order valence-corrected chi connectivity index (χ3v) is 8.72. The Morgan fingerprint density at radius 3 is 2.53 bits per heavy atom. The normalized spacial score (nSPS) is 14.0. The second kappa shape index (κ2) is 15.8. The van der Waals surface area contributed by atoms with E-state index < -0.39 is 11.7 Å². The van der Waals surface area contributed by atoms with E-state index in [1.54, 1.807) is 11.3 Å². The van der Waals surface area contributed by atoms with Crippen LogP contribution in [-0.4, -0.2) is 25.2 Å². The van der Waals surface area contributed by atoms with Crippen molar-refractivity contribution in [3.63, 3.8) is 0 Å². The second-order valence-electron chi connectivity index (χ2n) is 10.6. The van der Waals surface area contributed by atoms with E-state index in [-0.39, 0.29) is 29.1 Å². The fourth-order valence-electron chi connectivity index (χ4n) is 4.66. The summed E-state index contributed by atoms with van der Waals surface area (Å²) in [5, 5.41) is 2.28. The molecule has 0 spiro atoms. The summed E-state index contributed by atoms with van der Waals surface area (Å²) in [5.74, 6) is 0.262. The highest BCUT2D eigenvalue weighted by Gasteiger charge is 2.28. The summed E-state index contributed by atoms with van der Waals surface area (Å²) >= 11 is 1.79. The number of nitrogens with zero attached hydrogens (tertiary/aromatic N) is 1. The van der Waals surface area contributed by atoms with Gasteiger partial charge in [0.05, 0.1) is 7.11 Å². The average Bonchev–Trinajstić information content (AvgIpc) is 3.23.